The number of nitrogens with one attached hydrogen (secondary N) is 1. The second kappa shape index (κ2) is 8.70. The van der Waals surface area contributed by atoms with Crippen molar-refractivity contribution in [2.75, 3.05) is 6.54 Å². The van der Waals surface area contributed by atoms with Gasteiger partial charge in [0.1, 0.15) is 0 Å². The topological polar surface area (TPSA) is 12.0 Å². The zero-order valence-corrected chi connectivity index (χ0v) is 14.4. The molecule has 21 heavy (non-hydrogen) atoms. The fourth-order valence-corrected chi connectivity index (χ4v) is 3.52. The van der Waals surface area contributed by atoms with Gasteiger partial charge in [-0.25, -0.2) is 0 Å². The molecule has 2 aromatic rings. The van der Waals surface area contributed by atoms with Crippen LogP contribution in [-0.4, -0.2) is 6.54 Å². The fraction of sp³-hybridized carbons (Fsp3) is 0.294. The van der Waals surface area contributed by atoms with Crippen molar-refractivity contribution in [2.24, 2.45) is 0 Å². The summed E-state index contributed by atoms with van der Waals surface area (Å²) in [6.07, 6.45) is 1.13. The van der Waals surface area contributed by atoms with Gasteiger partial charge in [0.05, 0.1) is 0 Å². The standard InChI is InChI=1S/C17H19Cl2NS/c1-2-9-20-11-14-10-15(18)7-8-17(14)21-12-13-5-3-4-6-16(13)19/h3-8,10,20H,2,9,11-12H2,1H3. The normalized spacial score (nSPS) is 10.8. The van der Waals surface area contributed by atoms with E-state index in [1.165, 1.54) is 10.5 Å². The molecule has 0 amide bonds. The SMILES string of the molecule is CCCNCc1cc(Cl)ccc1SCc1ccccc1Cl. The Morgan fingerprint density at radius 2 is 1.86 bits per heavy atom. The summed E-state index contributed by atoms with van der Waals surface area (Å²) in [7, 11) is 0. The van der Waals surface area contributed by atoms with Gasteiger partial charge in [-0.05, 0) is 48.4 Å². The van der Waals surface area contributed by atoms with Crippen LogP contribution >= 0.6 is 35.0 Å². The Hall–Kier alpha value is -0.670. The molecular formula is C17H19Cl2NS. The Morgan fingerprint density at radius 1 is 1.05 bits per heavy atom. The van der Waals surface area contributed by atoms with Gasteiger partial charge in [0.2, 0.25) is 0 Å². The molecular weight excluding hydrogens is 321 g/mol. The van der Waals surface area contributed by atoms with Crippen LogP contribution < -0.4 is 5.32 Å². The summed E-state index contributed by atoms with van der Waals surface area (Å²) in [4.78, 5) is 1.25. The van der Waals surface area contributed by atoms with Crippen LogP contribution in [-0.2, 0) is 12.3 Å². The number of hydrogen-bond acceptors (Lipinski definition) is 2. The van der Waals surface area contributed by atoms with E-state index in [-0.39, 0.29) is 0 Å². The summed E-state index contributed by atoms with van der Waals surface area (Å²) in [5.41, 5.74) is 2.40. The molecule has 0 aromatic heterocycles. The lowest BCUT2D eigenvalue weighted by molar-refractivity contribution is 0.669. The van der Waals surface area contributed by atoms with Crippen LogP contribution in [0.25, 0.3) is 0 Å². The third kappa shape index (κ3) is 5.23. The molecule has 0 aliphatic heterocycles. The van der Waals surface area contributed by atoms with Crippen LogP contribution in [0.2, 0.25) is 10.0 Å². The van der Waals surface area contributed by atoms with Gasteiger partial charge in [0.15, 0.2) is 0 Å². The van der Waals surface area contributed by atoms with Crippen molar-refractivity contribution in [3.63, 3.8) is 0 Å². The van der Waals surface area contributed by atoms with Gasteiger partial charge >= 0.3 is 0 Å². The van der Waals surface area contributed by atoms with E-state index in [1.54, 1.807) is 11.8 Å². The summed E-state index contributed by atoms with van der Waals surface area (Å²) >= 11 is 14.1. The molecule has 1 nitrogen and oxygen atoms in total. The van der Waals surface area contributed by atoms with Crippen molar-refractivity contribution in [2.45, 2.75) is 30.5 Å². The molecule has 0 unspecified atom stereocenters. The van der Waals surface area contributed by atoms with Gasteiger partial charge in [-0.3, -0.25) is 0 Å². The first kappa shape index (κ1) is 16.7. The fourth-order valence-electron chi connectivity index (χ4n) is 2.00. The van der Waals surface area contributed by atoms with E-state index in [2.05, 4.69) is 24.4 Å². The molecule has 0 radical (unpaired) electrons. The first-order valence-electron chi connectivity index (χ1n) is 7.06. The van der Waals surface area contributed by atoms with Crippen LogP contribution in [0.3, 0.4) is 0 Å². The summed E-state index contributed by atoms with van der Waals surface area (Å²) in [6, 6.07) is 14.1. The summed E-state index contributed by atoms with van der Waals surface area (Å²) in [6.45, 7) is 4.03. The second-order valence-corrected chi connectivity index (χ2v) is 6.67. The van der Waals surface area contributed by atoms with E-state index in [0.717, 1.165) is 40.9 Å². The van der Waals surface area contributed by atoms with Crippen molar-refractivity contribution in [3.8, 4) is 0 Å². The average Bonchev–Trinajstić information content (AvgIpc) is 2.48. The number of benzene rings is 2. The van der Waals surface area contributed by atoms with E-state index in [4.69, 9.17) is 23.2 Å². The molecule has 0 spiro atoms. The highest BCUT2D eigenvalue weighted by molar-refractivity contribution is 7.98. The molecule has 0 heterocycles. The maximum absolute atomic E-state index is 6.21. The van der Waals surface area contributed by atoms with Gasteiger partial charge in [-0.2, -0.15) is 0 Å². The van der Waals surface area contributed by atoms with Crippen LogP contribution in [0.4, 0.5) is 0 Å². The van der Waals surface area contributed by atoms with Crippen molar-refractivity contribution in [1.29, 1.82) is 0 Å². The van der Waals surface area contributed by atoms with E-state index >= 15 is 0 Å². The summed E-state index contributed by atoms with van der Waals surface area (Å²) in [5.74, 6) is 0.863. The third-order valence-corrected chi connectivity index (χ3v) is 4.87. The molecule has 0 atom stereocenters. The number of thioether (sulfide) groups is 1. The number of hydrogen-bond donors (Lipinski definition) is 1. The van der Waals surface area contributed by atoms with E-state index in [0.29, 0.717) is 0 Å². The molecule has 0 fully saturated rings. The zero-order valence-electron chi connectivity index (χ0n) is 12.0. The first-order valence-corrected chi connectivity index (χ1v) is 8.80. The van der Waals surface area contributed by atoms with E-state index in [9.17, 15) is 0 Å². The van der Waals surface area contributed by atoms with E-state index in [1.807, 2.05) is 30.3 Å². The Balaban J connectivity index is 2.06. The van der Waals surface area contributed by atoms with Crippen LogP contribution in [0.1, 0.15) is 24.5 Å². The molecule has 4 heteroatoms. The number of rotatable bonds is 7. The van der Waals surface area contributed by atoms with Gasteiger partial charge in [0, 0.05) is 27.2 Å². The van der Waals surface area contributed by atoms with Crippen molar-refractivity contribution < 1.29 is 0 Å². The molecule has 0 saturated carbocycles. The molecule has 0 aliphatic carbocycles. The highest BCUT2D eigenvalue weighted by Crippen LogP contribution is 2.30. The van der Waals surface area contributed by atoms with Crippen LogP contribution in [0.15, 0.2) is 47.4 Å². The number of halogens is 2. The lowest BCUT2D eigenvalue weighted by Crippen LogP contribution is -2.14. The largest absolute Gasteiger partial charge is 0.313 e. The van der Waals surface area contributed by atoms with Crippen molar-refractivity contribution in [1.82, 2.24) is 5.32 Å². The zero-order chi connectivity index (χ0) is 15.1. The molecule has 0 aliphatic rings. The second-order valence-electron chi connectivity index (χ2n) is 4.81. The van der Waals surface area contributed by atoms with Gasteiger partial charge in [0.25, 0.3) is 0 Å². The maximum Gasteiger partial charge on any atom is 0.0446 e. The predicted octanol–water partition coefficient (Wildman–Crippen LogP) is 5.79. The van der Waals surface area contributed by atoms with Crippen LogP contribution in [0, 0.1) is 0 Å². The maximum atomic E-state index is 6.21. The highest BCUT2D eigenvalue weighted by atomic mass is 35.5. The Labute approximate surface area is 141 Å². The smallest absolute Gasteiger partial charge is 0.0446 e. The van der Waals surface area contributed by atoms with Gasteiger partial charge in [-0.15, -0.1) is 11.8 Å². The predicted molar refractivity (Wildman–Crippen MR) is 94.5 cm³/mol. The molecule has 2 aromatic carbocycles. The summed E-state index contributed by atoms with van der Waals surface area (Å²) < 4.78 is 0. The Bertz CT molecular complexity index is 587. The minimum Gasteiger partial charge on any atom is -0.313 e. The van der Waals surface area contributed by atoms with Crippen molar-refractivity contribution in [3.05, 3.63) is 63.6 Å². The minimum atomic E-state index is 0.783. The molecule has 1 N–H and O–H groups in total. The summed E-state index contributed by atoms with van der Waals surface area (Å²) in [5, 5.41) is 5.04. The van der Waals surface area contributed by atoms with E-state index < -0.39 is 0 Å². The Kier molecular flexibility index (Phi) is 6.91. The Morgan fingerprint density at radius 3 is 2.62 bits per heavy atom. The average molecular weight is 340 g/mol. The quantitative estimate of drug-likeness (QED) is 0.506. The first-order chi connectivity index (χ1) is 10.2. The van der Waals surface area contributed by atoms with Gasteiger partial charge in [-0.1, -0.05) is 48.3 Å². The van der Waals surface area contributed by atoms with Crippen molar-refractivity contribution >= 4 is 35.0 Å². The van der Waals surface area contributed by atoms with Gasteiger partial charge < -0.3 is 5.32 Å². The molecule has 2 rings (SSSR count). The lowest BCUT2D eigenvalue weighted by Gasteiger charge is -2.11. The molecule has 0 bridgehead atoms. The lowest BCUT2D eigenvalue weighted by atomic mass is 10.2. The highest BCUT2D eigenvalue weighted by Gasteiger charge is 2.06. The third-order valence-electron chi connectivity index (χ3n) is 3.11. The molecule has 112 valence electrons. The van der Waals surface area contributed by atoms with Crippen LogP contribution in [0.5, 0.6) is 0 Å². The molecule has 0 saturated heterocycles. The monoisotopic (exact) mass is 339 g/mol. The minimum absolute atomic E-state index is 0.783.